The lowest BCUT2D eigenvalue weighted by Crippen LogP contribution is -2.19. The van der Waals surface area contributed by atoms with E-state index >= 15 is 0 Å². The third-order valence-corrected chi connectivity index (χ3v) is 2.62. The van der Waals surface area contributed by atoms with Crippen molar-refractivity contribution >= 4 is 0 Å². The number of rotatable bonds is 5. The van der Waals surface area contributed by atoms with Gasteiger partial charge in [0.05, 0.1) is 12.8 Å². The second-order valence-corrected chi connectivity index (χ2v) is 3.70. The topological polar surface area (TPSA) is 38.1 Å². The van der Waals surface area contributed by atoms with Gasteiger partial charge >= 0.3 is 0 Å². The summed E-state index contributed by atoms with van der Waals surface area (Å²) in [5.41, 5.74) is 1.27. The standard InChI is InChI=1S/C13H16N2O/c1-2-13(11-5-7-14-8-6-11)15-10-12-4-3-9-16-12/h3-9,13,15H,2,10H2,1H3. The first-order chi connectivity index (χ1) is 7.90. The van der Waals surface area contributed by atoms with Gasteiger partial charge in [-0.3, -0.25) is 4.98 Å². The van der Waals surface area contributed by atoms with Crippen LogP contribution in [0.1, 0.15) is 30.7 Å². The van der Waals surface area contributed by atoms with Crippen molar-refractivity contribution in [2.45, 2.75) is 25.9 Å². The van der Waals surface area contributed by atoms with Crippen LogP contribution in [0.5, 0.6) is 0 Å². The predicted molar refractivity (Wildman–Crippen MR) is 62.8 cm³/mol. The Morgan fingerprint density at radius 1 is 1.31 bits per heavy atom. The van der Waals surface area contributed by atoms with Crippen LogP contribution in [0.25, 0.3) is 0 Å². The van der Waals surface area contributed by atoms with Crippen LogP contribution < -0.4 is 5.32 Å². The minimum atomic E-state index is 0.355. The van der Waals surface area contributed by atoms with Gasteiger partial charge in [-0.25, -0.2) is 0 Å². The summed E-state index contributed by atoms with van der Waals surface area (Å²) in [6, 6.07) is 8.33. The van der Waals surface area contributed by atoms with E-state index in [0.717, 1.165) is 18.7 Å². The molecule has 0 aliphatic heterocycles. The summed E-state index contributed by atoms with van der Waals surface area (Å²) in [6.45, 7) is 2.92. The number of nitrogens with zero attached hydrogens (tertiary/aromatic N) is 1. The maximum atomic E-state index is 5.29. The first-order valence-electron chi connectivity index (χ1n) is 5.56. The first kappa shape index (κ1) is 10.9. The zero-order valence-electron chi connectivity index (χ0n) is 9.39. The van der Waals surface area contributed by atoms with E-state index in [4.69, 9.17) is 4.42 Å². The van der Waals surface area contributed by atoms with Gasteiger partial charge in [-0.05, 0) is 36.2 Å². The van der Waals surface area contributed by atoms with Gasteiger partial charge in [0, 0.05) is 18.4 Å². The molecular weight excluding hydrogens is 200 g/mol. The number of hydrogen-bond acceptors (Lipinski definition) is 3. The Hall–Kier alpha value is -1.61. The Morgan fingerprint density at radius 3 is 2.75 bits per heavy atom. The van der Waals surface area contributed by atoms with E-state index in [1.165, 1.54) is 5.56 Å². The van der Waals surface area contributed by atoms with E-state index < -0.39 is 0 Å². The highest BCUT2D eigenvalue weighted by atomic mass is 16.3. The molecule has 0 fully saturated rings. The van der Waals surface area contributed by atoms with Crippen LogP contribution >= 0.6 is 0 Å². The monoisotopic (exact) mass is 216 g/mol. The molecule has 0 saturated carbocycles. The van der Waals surface area contributed by atoms with Gasteiger partial charge < -0.3 is 9.73 Å². The van der Waals surface area contributed by atoms with E-state index in [1.54, 1.807) is 6.26 Å². The summed E-state index contributed by atoms with van der Waals surface area (Å²) in [5.74, 6) is 0.965. The molecule has 0 aliphatic carbocycles. The van der Waals surface area contributed by atoms with Gasteiger partial charge in [0.25, 0.3) is 0 Å². The molecule has 0 spiro atoms. The zero-order chi connectivity index (χ0) is 11.2. The van der Waals surface area contributed by atoms with Crippen molar-refractivity contribution in [3.8, 4) is 0 Å². The van der Waals surface area contributed by atoms with Crippen LogP contribution in [0.15, 0.2) is 47.3 Å². The maximum Gasteiger partial charge on any atom is 0.117 e. The van der Waals surface area contributed by atoms with Gasteiger partial charge in [0.15, 0.2) is 0 Å². The van der Waals surface area contributed by atoms with E-state index in [0.29, 0.717) is 6.04 Å². The molecule has 0 saturated heterocycles. The smallest absolute Gasteiger partial charge is 0.117 e. The fourth-order valence-electron chi connectivity index (χ4n) is 1.73. The van der Waals surface area contributed by atoms with E-state index in [-0.39, 0.29) is 0 Å². The lowest BCUT2D eigenvalue weighted by Gasteiger charge is -2.16. The Morgan fingerprint density at radius 2 is 2.12 bits per heavy atom. The van der Waals surface area contributed by atoms with Crippen molar-refractivity contribution < 1.29 is 4.42 Å². The molecule has 3 nitrogen and oxygen atoms in total. The van der Waals surface area contributed by atoms with Gasteiger partial charge in [-0.15, -0.1) is 0 Å². The van der Waals surface area contributed by atoms with Crippen LogP contribution in [0.3, 0.4) is 0 Å². The highest BCUT2D eigenvalue weighted by molar-refractivity contribution is 5.15. The van der Waals surface area contributed by atoms with Crippen molar-refractivity contribution in [1.29, 1.82) is 0 Å². The average molecular weight is 216 g/mol. The Kier molecular flexibility index (Phi) is 3.72. The molecular formula is C13H16N2O. The third kappa shape index (κ3) is 2.70. The number of aromatic nitrogens is 1. The Balaban J connectivity index is 1.96. The van der Waals surface area contributed by atoms with Crippen LogP contribution in [-0.2, 0) is 6.54 Å². The van der Waals surface area contributed by atoms with Crippen LogP contribution in [-0.4, -0.2) is 4.98 Å². The highest BCUT2D eigenvalue weighted by Gasteiger charge is 2.08. The summed E-state index contributed by atoms with van der Waals surface area (Å²) in [4.78, 5) is 4.03. The number of pyridine rings is 1. The van der Waals surface area contributed by atoms with Crippen LogP contribution in [0.2, 0.25) is 0 Å². The largest absolute Gasteiger partial charge is 0.468 e. The molecule has 2 rings (SSSR count). The molecule has 2 aromatic heterocycles. The van der Waals surface area contributed by atoms with Gasteiger partial charge in [0.2, 0.25) is 0 Å². The van der Waals surface area contributed by atoms with Crippen LogP contribution in [0.4, 0.5) is 0 Å². The van der Waals surface area contributed by atoms with Gasteiger partial charge in [0.1, 0.15) is 5.76 Å². The SMILES string of the molecule is CCC(NCc1ccco1)c1ccncc1. The summed E-state index contributed by atoms with van der Waals surface area (Å²) in [6.07, 6.45) is 6.40. The first-order valence-corrected chi connectivity index (χ1v) is 5.56. The molecule has 16 heavy (non-hydrogen) atoms. The number of hydrogen-bond donors (Lipinski definition) is 1. The predicted octanol–water partition coefficient (Wildman–Crippen LogP) is 2.92. The van der Waals surface area contributed by atoms with Crippen molar-refractivity contribution in [2.24, 2.45) is 0 Å². The summed E-state index contributed by atoms with van der Waals surface area (Å²) >= 11 is 0. The van der Waals surface area contributed by atoms with Crippen LogP contribution in [0, 0.1) is 0 Å². The van der Waals surface area contributed by atoms with Gasteiger partial charge in [-0.1, -0.05) is 6.92 Å². The summed E-state index contributed by atoms with van der Waals surface area (Å²) < 4.78 is 5.29. The fourth-order valence-corrected chi connectivity index (χ4v) is 1.73. The van der Waals surface area contributed by atoms with Crippen molar-refractivity contribution in [2.75, 3.05) is 0 Å². The number of nitrogens with one attached hydrogen (secondary N) is 1. The van der Waals surface area contributed by atoms with Crippen molar-refractivity contribution in [3.63, 3.8) is 0 Å². The Labute approximate surface area is 95.5 Å². The molecule has 84 valence electrons. The maximum absolute atomic E-state index is 5.29. The molecule has 0 amide bonds. The molecule has 2 aromatic rings. The van der Waals surface area contributed by atoms with E-state index in [2.05, 4.69) is 17.2 Å². The van der Waals surface area contributed by atoms with Crippen molar-refractivity contribution in [1.82, 2.24) is 10.3 Å². The minimum Gasteiger partial charge on any atom is -0.468 e. The second kappa shape index (κ2) is 5.47. The quantitative estimate of drug-likeness (QED) is 0.835. The number of furan rings is 1. The lowest BCUT2D eigenvalue weighted by atomic mass is 10.1. The molecule has 1 unspecified atom stereocenters. The molecule has 0 bridgehead atoms. The van der Waals surface area contributed by atoms with Crippen molar-refractivity contribution in [3.05, 3.63) is 54.2 Å². The second-order valence-electron chi connectivity index (χ2n) is 3.70. The average Bonchev–Trinajstić information content (AvgIpc) is 2.84. The van der Waals surface area contributed by atoms with E-state index in [1.807, 2.05) is 36.7 Å². The molecule has 0 radical (unpaired) electrons. The van der Waals surface area contributed by atoms with E-state index in [9.17, 15) is 0 Å². The molecule has 1 atom stereocenters. The summed E-state index contributed by atoms with van der Waals surface area (Å²) in [5, 5.41) is 3.47. The van der Waals surface area contributed by atoms with Gasteiger partial charge in [-0.2, -0.15) is 0 Å². The minimum absolute atomic E-state index is 0.355. The lowest BCUT2D eigenvalue weighted by molar-refractivity contribution is 0.443. The fraction of sp³-hybridized carbons (Fsp3) is 0.308. The molecule has 0 aliphatic rings. The normalized spacial score (nSPS) is 12.6. The molecule has 0 aromatic carbocycles. The highest BCUT2D eigenvalue weighted by Crippen LogP contribution is 2.16. The molecule has 1 N–H and O–H groups in total. The molecule has 3 heteroatoms. The molecule has 2 heterocycles. The summed E-state index contributed by atoms with van der Waals surface area (Å²) in [7, 11) is 0. The third-order valence-electron chi connectivity index (χ3n) is 2.62. The Bertz CT molecular complexity index is 397. The zero-order valence-corrected chi connectivity index (χ0v) is 9.39.